The van der Waals surface area contributed by atoms with Crippen molar-refractivity contribution in [3.63, 3.8) is 0 Å². The van der Waals surface area contributed by atoms with Gasteiger partial charge in [-0.05, 0) is 142 Å². The summed E-state index contributed by atoms with van der Waals surface area (Å²) in [5.74, 6) is -0.750. The topological polar surface area (TPSA) is 236 Å². The van der Waals surface area contributed by atoms with Gasteiger partial charge in [0.05, 0.1) is 49.5 Å². The number of ketones is 2. The second kappa shape index (κ2) is 57.9. The minimum Gasteiger partial charge on any atom is -0.444 e. The molecule has 4 atom stereocenters. The number of carbonyl (C=O) groups is 8. The van der Waals surface area contributed by atoms with E-state index in [1.807, 2.05) is 187 Å². The first-order valence-electron chi connectivity index (χ1n) is 49.3. The number of thioether (sulfide) groups is 4. The van der Waals surface area contributed by atoms with Crippen LogP contribution in [0.25, 0.3) is 0 Å². The van der Waals surface area contributed by atoms with Crippen molar-refractivity contribution in [2.75, 3.05) is 83.4 Å². The highest BCUT2D eigenvalue weighted by Gasteiger charge is 2.45. The van der Waals surface area contributed by atoms with Crippen molar-refractivity contribution in [2.24, 2.45) is 17.6 Å². The van der Waals surface area contributed by atoms with Crippen LogP contribution in [-0.2, 0) is 57.2 Å². The van der Waals surface area contributed by atoms with Crippen LogP contribution in [-0.4, -0.2) is 175 Å². The number of nitrogens with zero attached hydrogens (tertiary/aromatic N) is 3. The van der Waals surface area contributed by atoms with Crippen molar-refractivity contribution in [3.8, 4) is 0 Å². The Bertz CT molecular complexity index is 5410. The zero-order valence-corrected chi connectivity index (χ0v) is 87.9. The molecule has 0 aliphatic carbocycles. The summed E-state index contributed by atoms with van der Waals surface area (Å²) >= 11 is 6.70. The number of benzene rings is 12. The monoisotopic (exact) mass is 2000 g/mol. The molecule has 0 unspecified atom stereocenters. The van der Waals surface area contributed by atoms with Crippen LogP contribution in [0.4, 0.5) is 14.4 Å². The largest absolute Gasteiger partial charge is 0.444 e. The Morgan fingerprint density at radius 3 is 0.769 bits per heavy atom. The summed E-state index contributed by atoms with van der Waals surface area (Å²) in [6, 6.07) is 123. The third kappa shape index (κ3) is 33.7. The summed E-state index contributed by atoms with van der Waals surface area (Å²) < 4.78 is 19.6. The quantitative estimate of drug-likeness (QED) is 0.0120. The number of aldehydes is 1. The lowest BCUT2D eigenvalue weighted by atomic mass is 9.84. The van der Waals surface area contributed by atoms with E-state index in [2.05, 4.69) is 241 Å². The predicted octanol–water partition coefficient (Wildman–Crippen LogP) is 24.8. The average molecular weight is 2000 g/mol. The van der Waals surface area contributed by atoms with Crippen LogP contribution in [0.3, 0.4) is 0 Å². The minimum atomic E-state index is -0.865. The number of unbranched alkanes of at least 4 members (excludes halogenated alkanes) is 1. The van der Waals surface area contributed by atoms with E-state index in [0.29, 0.717) is 42.7 Å². The van der Waals surface area contributed by atoms with E-state index in [1.54, 1.807) is 88.8 Å². The van der Waals surface area contributed by atoms with Crippen molar-refractivity contribution in [1.82, 2.24) is 30.7 Å². The number of nitrogens with two attached hydrogens (primary N) is 1. The smallest absolute Gasteiger partial charge is 0.410 e. The molecular weight excluding hydrogens is 1860 g/mol. The summed E-state index contributed by atoms with van der Waals surface area (Å²) in [5, 5.41) is 9.84. The summed E-state index contributed by atoms with van der Waals surface area (Å²) in [7, 11) is 4.82. The summed E-state index contributed by atoms with van der Waals surface area (Å²) in [6.07, 6.45) is 1.08. The average Bonchev–Trinajstić information content (AvgIpc) is 0.762. The summed E-state index contributed by atoms with van der Waals surface area (Å²) in [5.41, 5.74) is 18.1. The molecule has 0 radical (unpaired) electrons. The van der Waals surface area contributed by atoms with Gasteiger partial charge >= 0.3 is 18.3 Å². The third-order valence-corrected chi connectivity index (χ3v) is 30.2. The van der Waals surface area contributed by atoms with Gasteiger partial charge in [-0.15, -0.1) is 47.0 Å². The van der Waals surface area contributed by atoms with Crippen molar-refractivity contribution in [2.45, 2.75) is 164 Å². The van der Waals surface area contributed by atoms with Crippen LogP contribution in [0.15, 0.2) is 364 Å². The fourth-order valence-corrected chi connectivity index (χ4v) is 22.8. The van der Waals surface area contributed by atoms with E-state index in [-0.39, 0.29) is 76.4 Å². The maximum atomic E-state index is 15.2. The SMILES string of the molecule is C.CCCCN[C@@H](CSC(c1ccccc1)(c1ccccc1)c1ccccc1)C(=O)C[C@@H](CSC(c1ccccc1)(c1ccccc1)c1ccccc1)C(=O)NCCN(C)C(=O)OC(C)(C)C.CN(CC=O)C(=O)OC(C)(C)C.CN(CCNC(=O)[C@H](CSC(c1ccccc1)(c1ccccc1)c1ccccc1)CC(=O)[C@@H](N)CSC(c1ccccc1)(c1ccccc1)c1ccccc1)C(=O)OC(C)(C)C.[2H]CC. The number of hydrogen-bond acceptors (Lipinski definition) is 17. The number of carbonyl (C=O) groups excluding carboxylic acids is 8. The van der Waals surface area contributed by atoms with Crippen LogP contribution >= 0.6 is 47.0 Å². The zero-order valence-electron chi connectivity index (χ0n) is 85.7. The number of nitrogens with one attached hydrogen (secondary N) is 3. The molecule has 5 N–H and O–H groups in total. The lowest BCUT2D eigenvalue weighted by Crippen LogP contribution is -2.45. The predicted molar refractivity (Wildman–Crippen MR) is 594 cm³/mol. The first-order valence-corrected chi connectivity index (χ1v) is 52.5. The Balaban J connectivity index is 0.000000306. The van der Waals surface area contributed by atoms with E-state index < -0.39 is 78.0 Å². The van der Waals surface area contributed by atoms with Crippen molar-refractivity contribution < 1.29 is 53.9 Å². The van der Waals surface area contributed by atoms with Crippen LogP contribution in [0, 0.1) is 11.8 Å². The Kier molecular flexibility index (Phi) is 46.3. The standard InChI is InChI=1S/C57H65N3O4S2.C53H57N3O4S2.C8H15NO3.C2H6.CH4/c1-6-7-38-58-51(43-66-57(48-32-20-11-21-33-48,49-34-22-12-23-35-49)50-36-24-13-25-37-50)52(61)41-44(53(62)59-39-40-60(5)54(63)64-55(2,3)4)42-65-56(45-26-14-8-15-27-45,46-28-16-9-17-29-46)47-30-18-10-19-31-47;1-51(2,3)60-50(59)56(4)36-35-55-49(58)40(38-61-52(41-23-11-5-12-24-41,42-25-13-6-14-26-42)43-27-15-7-16-28-43)37-48(57)47(54)39-62-53(44-29-17-8-18-30-44,45-31-19-9-20-32-45)46-33-21-10-22-34-46;1-8(2,3)12-7(11)9(4)5-6-10;1-2;/h8-37,44,51,58H,6-7,38-43H2,1-5H3,(H,59,62);5-34,40,47H,35-39,54H2,1-4H3,(H,55,58);6H,5H2,1-4H3;1-2H3;1H4/t44-,51-;40-,47-;;;/m00.../s1/i;;;1D;. The number of likely N-dealkylation sites (N-methyl/N-ethyl adjacent to an activating group) is 3. The van der Waals surface area contributed by atoms with Gasteiger partial charge in [-0.1, -0.05) is 399 Å². The lowest BCUT2D eigenvalue weighted by molar-refractivity contribution is -0.129. The number of ether oxygens (including phenoxy) is 3. The first kappa shape index (κ1) is 114. The van der Waals surface area contributed by atoms with Gasteiger partial charge in [0, 0.05) is 84.5 Å². The molecule has 0 heterocycles. The van der Waals surface area contributed by atoms with E-state index in [4.69, 9.17) is 21.3 Å². The molecule has 0 aromatic heterocycles. The Labute approximate surface area is 869 Å². The zero-order chi connectivity index (χ0) is 103. The molecular formula is C121H147N7O11S4. The van der Waals surface area contributed by atoms with Crippen LogP contribution in [0.1, 0.15) is 184 Å². The van der Waals surface area contributed by atoms with Gasteiger partial charge < -0.3 is 55.4 Å². The summed E-state index contributed by atoms with van der Waals surface area (Å²) in [4.78, 5) is 110. The van der Waals surface area contributed by atoms with Crippen LogP contribution in [0.5, 0.6) is 0 Å². The van der Waals surface area contributed by atoms with Crippen molar-refractivity contribution in [1.29, 1.82) is 0 Å². The fourth-order valence-electron chi connectivity index (χ4n) is 16.4. The molecule has 12 rings (SSSR count). The molecule has 0 bridgehead atoms. The normalized spacial score (nSPS) is 12.5. The Morgan fingerprint density at radius 1 is 0.343 bits per heavy atom. The number of rotatable bonds is 44. The second-order valence-electron chi connectivity index (χ2n) is 37.5. The molecule has 756 valence electrons. The molecule has 18 nitrogen and oxygen atoms in total. The molecule has 5 amide bonds. The highest BCUT2D eigenvalue weighted by molar-refractivity contribution is 8.01. The van der Waals surface area contributed by atoms with Gasteiger partial charge in [0.25, 0.3) is 0 Å². The van der Waals surface area contributed by atoms with E-state index in [9.17, 15) is 33.6 Å². The first-order chi connectivity index (χ1) is 68.7. The number of amides is 5. The number of Topliss-reactive ketones (excluding diaryl/α,β-unsaturated/α-hetero) is 2. The molecule has 22 heteroatoms. The fraction of sp³-hybridized carbons (Fsp3) is 0.339. The van der Waals surface area contributed by atoms with Gasteiger partial charge in [-0.3, -0.25) is 19.2 Å². The third-order valence-electron chi connectivity index (χ3n) is 23.4. The molecule has 12 aromatic carbocycles. The maximum Gasteiger partial charge on any atom is 0.410 e. The molecule has 0 fully saturated rings. The second-order valence-corrected chi connectivity index (χ2v) is 42.4. The van der Waals surface area contributed by atoms with Gasteiger partial charge in [0.2, 0.25) is 11.8 Å². The van der Waals surface area contributed by atoms with Crippen LogP contribution in [0.2, 0.25) is 0 Å². The molecule has 0 aliphatic rings. The highest BCUT2D eigenvalue weighted by Crippen LogP contribution is 2.54. The van der Waals surface area contributed by atoms with E-state index in [1.165, 1.54) is 21.7 Å². The summed E-state index contributed by atoms with van der Waals surface area (Å²) in [6.45, 7) is 22.3. The maximum absolute atomic E-state index is 15.2. The van der Waals surface area contributed by atoms with Gasteiger partial charge in [-0.2, -0.15) is 0 Å². The van der Waals surface area contributed by atoms with Gasteiger partial charge in [-0.25, -0.2) is 14.4 Å². The molecule has 12 aromatic rings. The Morgan fingerprint density at radius 2 is 0.552 bits per heavy atom. The van der Waals surface area contributed by atoms with Gasteiger partial charge in [0.15, 0.2) is 11.6 Å². The number of hydrogen-bond donors (Lipinski definition) is 4. The minimum absolute atomic E-state index is 0. The van der Waals surface area contributed by atoms with Crippen molar-refractivity contribution in [3.05, 3.63) is 431 Å². The van der Waals surface area contributed by atoms with E-state index >= 15 is 4.79 Å². The highest BCUT2D eigenvalue weighted by atomic mass is 32.2. The van der Waals surface area contributed by atoms with E-state index in [0.717, 1.165) is 79.6 Å². The molecule has 0 saturated heterocycles. The van der Waals surface area contributed by atoms with Gasteiger partial charge in [0.1, 0.15) is 23.1 Å². The van der Waals surface area contributed by atoms with Crippen molar-refractivity contribution >= 4 is 95.0 Å². The molecule has 0 aliphatic heterocycles. The molecule has 0 spiro atoms. The lowest BCUT2D eigenvalue weighted by Gasteiger charge is -2.37. The molecule has 143 heavy (non-hydrogen) atoms. The van der Waals surface area contributed by atoms with Crippen LogP contribution < -0.4 is 21.7 Å². The Hall–Kier alpha value is -12.3. The molecule has 0 saturated carbocycles.